The van der Waals surface area contributed by atoms with Crippen molar-refractivity contribution in [3.8, 4) is 6.07 Å². The normalized spacial score (nSPS) is 17.4. The van der Waals surface area contributed by atoms with Gasteiger partial charge in [-0.05, 0) is 37.3 Å². The maximum absolute atomic E-state index is 14.8. The first-order chi connectivity index (χ1) is 14.7. The van der Waals surface area contributed by atoms with Gasteiger partial charge in [0.1, 0.15) is 34.6 Å². The van der Waals surface area contributed by atoms with Crippen molar-refractivity contribution < 1.29 is 9.18 Å². The van der Waals surface area contributed by atoms with Gasteiger partial charge in [0.15, 0.2) is 0 Å². The zero-order valence-corrected chi connectivity index (χ0v) is 16.8. The third-order valence-corrected chi connectivity index (χ3v) is 5.16. The molecule has 1 atom stereocenters. The van der Waals surface area contributed by atoms with Gasteiger partial charge >= 0.3 is 5.69 Å². The molecular weight excluding hydrogens is 401 g/mol. The minimum atomic E-state index is -1.15. The Morgan fingerprint density at radius 1 is 1.35 bits per heavy atom. The van der Waals surface area contributed by atoms with E-state index in [0.29, 0.717) is 16.9 Å². The Hall–Kier alpha value is -4.26. The van der Waals surface area contributed by atoms with Crippen LogP contribution in [-0.4, -0.2) is 25.9 Å². The number of rotatable bonds is 3. The number of amidine groups is 1. The molecule has 0 unspecified atom stereocenters. The SMILES string of the molecule is Cn1cc2n(c1=O)C[C@@](C)(c1cc(NC(=O)c3ccc(C#N)cn3)ccc1F)N=C2N. The summed E-state index contributed by atoms with van der Waals surface area (Å²) in [4.78, 5) is 33.3. The lowest BCUT2D eigenvalue weighted by Gasteiger charge is -2.31. The number of aliphatic imine (C=N–C) groups is 1. The number of aryl methyl sites for hydroxylation is 1. The molecule has 1 aromatic carbocycles. The number of aromatic nitrogens is 3. The van der Waals surface area contributed by atoms with Crippen LogP contribution in [0.4, 0.5) is 10.1 Å². The Kier molecular flexibility index (Phi) is 4.66. The van der Waals surface area contributed by atoms with E-state index in [4.69, 9.17) is 11.0 Å². The molecule has 4 rings (SSSR count). The highest BCUT2D eigenvalue weighted by atomic mass is 19.1. The second-order valence-corrected chi connectivity index (χ2v) is 7.46. The maximum Gasteiger partial charge on any atom is 0.328 e. The van der Waals surface area contributed by atoms with Crippen molar-refractivity contribution in [3.63, 3.8) is 0 Å². The number of anilines is 1. The molecule has 1 aliphatic heterocycles. The predicted octanol–water partition coefficient (Wildman–Crippen LogP) is 1.48. The van der Waals surface area contributed by atoms with Crippen LogP contribution in [0.25, 0.3) is 0 Å². The van der Waals surface area contributed by atoms with E-state index in [1.54, 1.807) is 20.2 Å². The van der Waals surface area contributed by atoms with Crippen molar-refractivity contribution in [1.29, 1.82) is 5.26 Å². The highest BCUT2D eigenvalue weighted by Crippen LogP contribution is 2.34. The number of nitrogens with one attached hydrogen (secondary N) is 1. The molecule has 10 heteroatoms. The van der Waals surface area contributed by atoms with Gasteiger partial charge in [-0.1, -0.05) is 0 Å². The summed E-state index contributed by atoms with van der Waals surface area (Å²) in [7, 11) is 1.60. The summed E-state index contributed by atoms with van der Waals surface area (Å²) in [5.74, 6) is -0.927. The summed E-state index contributed by atoms with van der Waals surface area (Å²) < 4.78 is 17.6. The lowest BCUT2D eigenvalue weighted by molar-refractivity contribution is 0.102. The summed E-state index contributed by atoms with van der Waals surface area (Å²) in [6, 6.07) is 8.94. The quantitative estimate of drug-likeness (QED) is 0.664. The fourth-order valence-corrected chi connectivity index (χ4v) is 3.58. The summed E-state index contributed by atoms with van der Waals surface area (Å²) >= 11 is 0. The van der Waals surface area contributed by atoms with Gasteiger partial charge in [-0.2, -0.15) is 5.26 Å². The fraction of sp³-hybridized carbons (Fsp3) is 0.190. The Bertz CT molecular complexity index is 1330. The Balaban J connectivity index is 1.67. The van der Waals surface area contributed by atoms with Gasteiger partial charge in [0.25, 0.3) is 5.91 Å². The molecule has 1 amide bonds. The summed E-state index contributed by atoms with van der Waals surface area (Å²) in [5, 5.41) is 11.5. The molecule has 3 heterocycles. The Labute approximate surface area is 176 Å². The molecule has 0 saturated carbocycles. The predicted molar refractivity (Wildman–Crippen MR) is 111 cm³/mol. The van der Waals surface area contributed by atoms with Gasteiger partial charge in [-0.15, -0.1) is 0 Å². The smallest absolute Gasteiger partial charge is 0.328 e. The zero-order chi connectivity index (χ0) is 22.3. The molecule has 31 heavy (non-hydrogen) atoms. The molecule has 3 N–H and O–H groups in total. The number of nitrogens with two attached hydrogens (primary N) is 1. The summed E-state index contributed by atoms with van der Waals surface area (Å²) in [5.41, 5.74) is 6.05. The van der Waals surface area contributed by atoms with Crippen LogP contribution in [0, 0.1) is 17.1 Å². The van der Waals surface area contributed by atoms with Gasteiger partial charge in [-0.3, -0.25) is 14.4 Å². The van der Waals surface area contributed by atoms with Gasteiger partial charge in [0.05, 0.1) is 12.1 Å². The summed E-state index contributed by atoms with van der Waals surface area (Å²) in [6.07, 6.45) is 2.87. The first-order valence-electron chi connectivity index (χ1n) is 9.31. The maximum atomic E-state index is 14.8. The number of hydrogen-bond acceptors (Lipinski definition) is 6. The molecule has 2 aromatic heterocycles. The van der Waals surface area contributed by atoms with Crippen LogP contribution in [0.2, 0.25) is 0 Å². The van der Waals surface area contributed by atoms with Gasteiger partial charge in [0.2, 0.25) is 0 Å². The van der Waals surface area contributed by atoms with E-state index in [1.165, 1.54) is 45.7 Å². The van der Waals surface area contributed by atoms with Crippen LogP contribution < -0.4 is 16.7 Å². The Morgan fingerprint density at radius 2 is 2.13 bits per heavy atom. The number of pyridine rings is 1. The lowest BCUT2D eigenvalue weighted by Crippen LogP contribution is -2.41. The van der Waals surface area contributed by atoms with Crippen molar-refractivity contribution >= 4 is 17.4 Å². The number of fused-ring (bicyclic) bond motifs is 1. The molecular formula is C21H18FN7O2. The molecule has 0 radical (unpaired) electrons. The summed E-state index contributed by atoms with van der Waals surface area (Å²) in [6.45, 7) is 1.77. The number of amides is 1. The van der Waals surface area contributed by atoms with E-state index >= 15 is 0 Å². The highest BCUT2D eigenvalue weighted by Gasteiger charge is 2.36. The minimum Gasteiger partial charge on any atom is -0.382 e. The van der Waals surface area contributed by atoms with Crippen LogP contribution in [-0.2, 0) is 19.1 Å². The fourth-order valence-electron chi connectivity index (χ4n) is 3.58. The number of nitriles is 1. The largest absolute Gasteiger partial charge is 0.382 e. The Morgan fingerprint density at radius 3 is 2.81 bits per heavy atom. The van der Waals surface area contributed by atoms with Crippen LogP contribution >= 0.6 is 0 Å². The molecule has 3 aromatic rings. The molecule has 0 bridgehead atoms. The molecule has 1 aliphatic rings. The van der Waals surface area contributed by atoms with E-state index < -0.39 is 17.3 Å². The molecule has 9 nitrogen and oxygen atoms in total. The van der Waals surface area contributed by atoms with Crippen molar-refractivity contribution in [1.82, 2.24) is 14.1 Å². The van der Waals surface area contributed by atoms with Crippen molar-refractivity contribution in [3.05, 3.63) is 81.5 Å². The van der Waals surface area contributed by atoms with Crippen molar-refractivity contribution in [2.75, 3.05) is 5.32 Å². The highest BCUT2D eigenvalue weighted by molar-refractivity contribution is 6.03. The first kappa shape index (κ1) is 20.0. The van der Waals surface area contributed by atoms with Gasteiger partial charge < -0.3 is 15.6 Å². The van der Waals surface area contributed by atoms with Crippen LogP contribution in [0.3, 0.4) is 0 Å². The monoisotopic (exact) mass is 419 g/mol. The zero-order valence-electron chi connectivity index (χ0n) is 16.8. The number of imidazole rings is 1. The van der Waals surface area contributed by atoms with E-state index in [0.717, 1.165) is 0 Å². The van der Waals surface area contributed by atoms with Crippen LogP contribution in [0.15, 0.2) is 52.5 Å². The number of benzene rings is 1. The first-order valence-corrected chi connectivity index (χ1v) is 9.31. The second-order valence-electron chi connectivity index (χ2n) is 7.46. The second kappa shape index (κ2) is 7.21. The van der Waals surface area contributed by atoms with Crippen molar-refractivity contribution in [2.45, 2.75) is 19.0 Å². The van der Waals surface area contributed by atoms with Crippen LogP contribution in [0.5, 0.6) is 0 Å². The third kappa shape index (κ3) is 3.46. The molecule has 0 saturated heterocycles. The van der Waals surface area contributed by atoms with E-state index in [-0.39, 0.29) is 29.3 Å². The molecule has 0 aliphatic carbocycles. The number of carbonyl (C=O) groups excluding carboxylic acids is 1. The minimum absolute atomic E-state index is 0.0915. The van der Waals surface area contributed by atoms with Crippen LogP contribution in [0.1, 0.15) is 34.2 Å². The van der Waals surface area contributed by atoms with E-state index in [1.807, 2.05) is 6.07 Å². The molecule has 156 valence electrons. The third-order valence-electron chi connectivity index (χ3n) is 5.16. The number of nitrogens with zero attached hydrogens (tertiary/aromatic N) is 5. The lowest BCUT2D eigenvalue weighted by atomic mass is 9.90. The van der Waals surface area contributed by atoms with Crippen molar-refractivity contribution in [2.24, 2.45) is 17.8 Å². The topological polar surface area (TPSA) is 131 Å². The molecule has 0 fully saturated rings. The number of carbonyl (C=O) groups is 1. The number of hydrogen-bond donors (Lipinski definition) is 2. The van der Waals surface area contributed by atoms with Gasteiger partial charge in [-0.25, -0.2) is 14.2 Å². The van der Waals surface area contributed by atoms with E-state index in [9.17, 15) is 14.0 Å². The van der Waals surface area contributed by atoms with Gasteiger partial charge in [0, 0.05) is 30.7 Å². The standard InChI is InChI=1S/C21H18FN7O2/c1-21(11-29-17(18(24)27-21)10-28(2)20(29)31)14-7-13(4-5-15(14)22)26-19(30)16-6-3-12(8-23)9-25-16/h3-7,9-10H,11H2,1-2H3,(H2,24,27)(H,26,30)/t21-/m0/s1. The molecule has 0 spiro atoms. The average Bonchev–Trinajstić information content (AvgIpc) is 3.03. The van der Waals surface area contributed by atoms with E-state index in [2.05, 4.69) is 15.3 Å². The number of halogens is 1. The average molecular weight is 419 g/mol.